The molecule has 2 aliphatic heterocycles. The van der Waals surface area contributed by atoms with Crippen molar-refractivity contribution in [2.45, 2.75) is 56.9 Å². The number of ether oxygens (including phenoxy) is 1. The van der Waals surface area contributed by atoms with E-state index in [0.717, 1.165) is 25.9 Å². The standard InChI is InChI=1S/C21H27FN4O4.CH2O2/c1-14(27)23-20(2)13-21(29-12-17(20)28)6-8-26(9-7-21)11-18-24-25-19(30-18)15-4-3-5-16(22)10-15;2-1-3/h3-5,10,17,28H,6-9,11-13H2,1-2H3,(H,23,27);1H,(H,2,3)/t17-,20-;/m1./s1. The molecule has 33 heavy (non-hydrogen) atoms. The molecule has 4 rings (SSSR count). The van der Waals surface area contributed by atoms with Gasteiger partial charge in [0.15, 0.2) is 0 Å². The quantitative estimate of drug-likeness (QED) is 0.576. The maximum Gasteiger partial charge on any atom is 0.290 e. The number of nitrogens with zero attached hydrogens (tertiary/aromatic N) is 3. The minimum Gasteiger partial charge on any atom is -0.483 e. The van der Waals surface area contributed by atoms with E-state index in [4.69, 9.17) is 19.1 Å². The third kappa shape index (κ3) is 6.12. The number of aliphatic hydroxyl groups is 1. The highest BCUT2D eigenvalue weighted by Gasteiger charge is 2.49. The normalized spacial score (nSPS) is 24.5. The Morgan fingerprint density at radius 1 is 1.36 bits per heavy atom. The third-order valence-corrected chi connectivity index (χ3v) is 6.10. The number of hydrogen-bond acceptors (Lipinski definition) is 8. The number of nitrogens with one attached hydrogen (secondary N) is 1. The minimum absolute atomic E-state index is 0.156. The Bertz CT molecular complexity index is 962. The van der Waals surface area contributed by atoms with Gasteiger partial charge in [-0.05, 0) is 38.0 Å². The van der Waals surface area contributed by atoms with E-state index in [9.17, 15) is 14.3 Å². The van der Waals surface area contributed by atoms with Crippen LogP contribution in [0.1, 0.15) is 39.0 Å². The molecule has 3 N–H and O–H groups in total. The summed E-state index contributed by atoms with van der Waals surface area (Å²) in [6.07, 6.45) is 1.39. The van der Waals surface area contributed by atoms with Crippen molar-refractivity contribution in [3.05, 3.63) is 36.0 Å². The molecule has 2 aromatic rings. The lowest BCUT2D eigenvalue weighted by molar-refractivity contribution is -0.181. The van der Waals surface area contributed by atoms with E-state index >= 15 is 0 Å². The first kappa shape index (κ1) is 24.7. The maximum absolute atomic E-state index is 13.4. The van der Waals surface area contributed by atoms with Crippen LogP contribution in [0.5, 0.6) is 0 Å². The van der Waals surface area contributed by atoms with Crippen molar-refractivity contribution >= 4 is 12.4 Å². The lowest BCUT2D eigenvalue weighted by atomic mass is 9.74. The van der Waals surface area contributed by atoms with Gasteiger partial charge in [0.2, 0.25) is 17.7 Å². The number of aromatic nitrogens is 2. The fraction of sp³-hybridized carbons (Fsp3) is 0.545. The van der Waals surface area contributed by atoms with Gasteiger partial charge in [0.05, 0.1) is 24.3 Å². The molecule has 0 unspecified atom stereocenters. The van der Waals surface area contributed by atoms with E-state index in [1.54, 1.807) is 12.1 Å². The van der Waals surface area contributed by atoms with Gasteiger partial charge >= 0.3 is 0 Å². The SMILES string of the molecule is CC(=O)N[C@]1(C)CC2(CCN(Cc3nnc(-c4cccc(F)c4)o3)CC2)OC[C@H]1O.O=CO. The molecule has 0 bridgehead atoms. The van der Waals surface area contributed by atoms with Gasteiger partial charge < -0.3 is 24.7 Å². The molecule has 1 spiro atoms. The topological polar surface area (TPSA) is 138 Å². The van der Waals surface area contributed by atoms with Crippen molar-refractivity contribution < 1.29 is 33.3 Å². The predicted molar refractivity (Wildman–Crippen MR) is 114 cm³/mol. The molecule has 1 aromatic heterocycles. The van der Waals surface area contributed by atoms with Crippen molar-refractivity contribution in [1.82, 2.24) is 20.4 Å². The third-order valence-electron chi connectivity index (χ3n) is 6.10. The Kier molecular flexibility index (Phi) is 7.77. The van der Waals surface area contributed by atoms with Crippen LogP contribution in [0.3, 0.4) is 0 Å². The smallest absolute Gasteiger partial charge is 0.290 e. The van der Waals surface area contributed by atoms with E-state index in [0.29, 0.717) is 30.3 Å². The molecule has 2 fully saturated rings. The summed E-state index contributed by atoms with van der Waals surface area (Å²) in [5.41, 5.74) is -0.509. The summed E-state index contributed by atoms with van der Waals surface area (Å²) in [4.78, 5) is 22.2. The van der Waals surface area contributed by atoms with E-state index in [2.05, 4.69) is 20.4 Å². The van der Waals surface area contributed by atoms with Gasteiger partial charge in [-0.2, -0.15) is 0 Å². The minimum atomic E-state index is -0.732. The van der Waals surface area contributed by atoms with Crippen LogP contribution in [-0.2, 0) is 20.9 Å². The molecule has 11 heteroatoms. The Balaban J connectivity index is 0.000000968. The summed E-state index contributed by atoms with van der Waals surface area (Å²) in [5, 5.41) is 28.3. The fourth-order valence-electron chi connectivity index (χ4n) is 4.49. The number of carbonyl (C=O) groups is 2. The average Bonchev–Trinajstić information content (AvgIpc) is 3.22. The van der Waals surface area contributed by atoms with Crippen LogP contribution in [0, 0.1) is 5.82 Å². The van der Waals surface area contributed by atoms with Crippen LogP contribution >= 0.6 is 0 Å². The summed E-state index contributed by atoms with van der Waals surface area (Å²) >= 11 is 0. The Hall–Kier alpha value is -2.89. The number of carboxylic acid groups (broad SMARTS) is 1. The van der Waals surface area contributed by atoms with E-state index < -0.39 is 11.6 Å². The van der Waals surface area contributed by atoms with Crippen molar-refractivity contribution in [1.29, 1.82) is 0 Å². The van der Waals surface area contributed by atoms with Gasteiger partial charge in [-0.25, -0.2) is 4.39 Å². The van der Waals surface area contributed by atoms with Gasteiger partial charge in [-0.15, -0.1) is 10.2 Å². The highest BCUT2D eigenvalue weighted by Crippen LogP contribution is 2.40. The maximum atomic E-state index is 13.4. The summed E-state index contributed by atoms with van der Waals surface area (Å²) in [7, 11) is 0. The largest absolute Gasteiger partial charge is 0.483 e. The number of hydrogen-bond donors (Lipinski definition) is 3. The second-order valence-electron chi connectivity index (χ2n) is 8.68. The second kappa shape index (κ2) is 10.4. The number of carbonyl (C=O) groups excluding carboxylic acids is 1. The zero-order valence-electron chi connectivity index (χ0n) is 18.7. The van der Waals surface area contributed by atoms with Crippen molar-refractivity contribution in [2.24, 2.45) is 0 Å². The number of benzene rings is 1. The molecular formula is C22H29FN4O6. The van der Waals surface area contributed by atoms with Crippen LogP contribution < -0.4 is 5.32 Å². The highest BCUT2D eigenvalue weighted by atomic mass is 19.1. The monoisotopic (exact) mass is 464 g/mol. The first-order valence-corrected chi connectivity index (χ1v) is 10.7. The van der Waals surface area contributed by atoms with Crippen LogP contribution in [-0.4, -0.2) is 74.6 Å². The van der Waals surface area contributed by atoms with Crippen LogP contribution in [0.25, 0.3) is 11.5 Å². The summed E-state index contributed by atoms with van der Waals surface area (Å²) in [5.74, 6) is 0.274. The molecule has 1 aromatic carbocycles. The number of likely N-dealkylation sites (tertiary alicyclic amines) is 1. The molecule has 0 aliphatic carbocycles. The van der Waals surface area contributed by atoms with Crippen LogP contribution in [0.2, 0.25) is 0 Å². The molecule has 2 aliphatic rings. The molecule has 10 nitrogen and oxygen atoms in total. The summed E-state index contributed by atoms with van der Waals surface area (Å²) < 4.78 is 25.2. The molecule has 3 heterocycles. The number of aliphatic hydroxyl groups excluding tert-OH is 1. The molecule has 0 radical (unpaired) electrons. The lowest BCUT2D eigenvalue weighted by Crippen LogP contribution is -2.65. The number of piperidine rings is 1. The van der Waals surface area contributed by atoms with Gasteiger partial charge in [0.25, 0.3) is 6.47 Å². The van der Waals surface area contributed by atoms with Gasteiger partial charge in [-0.1, -0.05) is 6.07 Å². The average molecular weight is 464 g/mol. The fourth-order valence-corrected chi connectivity index (χ4v) is 4.49. The van der Waals surface area contributed by atoms with E-state index in [1.165, 1.54) is 19.1 Å². The lowest BCUT2D eigenvalue weighted by Gasteiger charge is -2.51. The zero-order chi connectivity index (χ0) is 24.1. The first-order chi connectivity index (χ1) is 15.7. The Morgan fingerprint density at radius 3 is 2.70 bits per heavy atom. The Labute approximate surface area is 190 Å². The molecule has 1 amide bonds. The summed E-state index contributed by atoms with van der Waals surface area (Å²) in [6.45, 7) is 5.34. The molecule has 0 saturated carbocycles. The van der Waals surface area contributed by atoms with Crippen molar-refractivity contribution in [3.63, 3.8) is 0 Å². The van der Waals surface area contributed by atoms with Crippen molar-refractivity contribution in [3.8, 4) is 11.5 Å². The van der Waals surface area contributed by atoms with E-state index in [1.807, 2.05) is 6.92 Å². The predicted octanol–water partition coefficient (Wildman–Crippen LogP) is 1.59. The molecule has 2 atom stereocenters. The van der Waals surface area contributed by atoms with Gasteiger partial charge in [0, 0.05) is 32.0 Å². The zero-order valence-corrected chi connectivity index (χ0v) is 18.7. The molecular weight excluding hydrogens is 435 g/mol. The van der Waals surface area contributed by atoms with Gasteiger partial charge in [0.1, 0.15) is 11.9 Å². The highest BCUT2D eigenvalue weighted by molar-refractivity contribution is 5.74. The van der Waals surface area contributed by atoms with E-state index in [-0.39, 0.29) is 30.4 Å². The Morgan fingerprint density at radius 2 is 2.06 bits per heavy atom. The number of halogens is 1. The van der Waals surface area contributed by atoms with Gasteiger partial charge in [-0.3, -0.25) is 14.5 Å². The summed E-state index contributed by atoms with van der Waals surface area (Å²) in [6, 6.07) is 6.07. The van der Waals surface area contributed by atoms with Crippen LogP contribution in [0.15, 0.2) is 28.7 Å². The molecule has 2 saturated heterocycles. The first-order valence-electron chi connectivity index (χ1n) is 10.7. The second-order valence-corrected chi connectivity index (χ2v) is 8.68. The van der Waals surface area contributed by atoms with Crippen molar-refractivity contribution in [2.75, 3.05) is 19.7 Å². The molecule has 180 valence electrons. The number of rotatable bonds is 4. The van der Waals surface area contributed by atoms with Crippen LogP contribution in [0.4, 0.5) is 4.39 Å². The number of amides is 1.